The van der Waals surface area contributed by atoms with E-state index in [4.69, 9.17) is 17.3 Å². The molecule has 0 radical (unpaired) electrons. The van der Waals surface area contributed by atoms with Gasteiger partial charge >= 0.3 is 0 Å². The maximum Gasteiger partial charge on any atom is 0.0641 e. The van der Waals surface area contributed by atoms with Crippen LogP contribution in [0.4, 0.5) is 5.69 Å². The summed E-state index contributed by atoms with van der Waals surface area (Å²) in [7, 11) is 0. The summed E-state index contributed by atoms with van der Waals surface area (Å²) in [5.41, 5.74) is 7.20. The Balaban J connectivity index is 2.89. The smallest absolute Gasteiger partial charge is 0.0641 e. The molecule has 0 bridgehead atoms. The molecule has 0 aliphatic carbocycles. The summed E-state index contributed by atoms with van der Waals surface area (Å²) in [6, 6.07) is 5.54. The first-order valence-electron chi connectivity index (χ1n) is 3.56. The molecule has 0 atom stereocenters. The first kappa shape index (κ1) is 9.49. The molecule has 3 heteroatoms. The van der Waals surface area contributed by atoms with Gasteiger partial charge in [-0.25, -0.2) is 0 Å². The second kappa shape index (κ2) is 4.43. The predicted octanol–water partition coefficient (Wildman–Crippen LogP) is 2.87. The number of anilines is 1. The van der Waals surface area contributed by atoms with E-state index in [1.807, 2.05) is 24.3 Å². The fourth-order valence-electron chi connectivity index (χ4n) is 0.836. The normalized spacial score (nSPS) is 10.8. The number of halogens is 1. The maximum absolute atomic E-state index is 5.81. The van der Waals surface area contributed by atoms with Crippen molar-refractivity contribution in [2.24, 2.45) is 0 Å². The van der Waals surface area contributed by atoms with Crippen molar-refractivity contribution in [3.05, 3.63) is 34.9 Å². The molecule has 0 saturated heterocycles. The van der Waals surface area contributed by atoms with Crippen LogP contribution in [-0.4, -0.2) is 5.75 Å². The summed E-state index contributed by atoms with van der Waals surface area (Å²) in [4.78, 5) is 0. The Bertz CT molecular complexity index is 297. The molecule has 64 valence electrons. The van der Waals surface area contributed by atoms with Gasteiger partial charge in [-0.1, -0.05) is 29.8 Å². The van der Waals surface area contributed by atoms with Crippen LogP contribution in [0.2, 0.25) is 5.02 Å². The van der Waals surface area contributed by atoms with Crippen molar-refractivity contribution in [3.8, 4) is 0 Å². The Labute approximate surface area is 82.6 Å². The summed E-state index contributed by atoms with van der Waals surface area (Å²) in [6.07, 6.45) is 3.91. The van der Waals surface area contributed by atoms with E-state index in [9.17, 15) is 0 Å². The van der Waals surface area contributed by atoms with Gasteiger partial charge in [0.25, 0.3) is 0 Å². The van der Waals surface area contributed by atoms with E-state index in [-0.39, 0.29) is 0 Å². The lowest BCUT2D eigenvalue weighted by Crippen LogP contribution is -1.85. The first-order valence-corrected chi connectivity index (χ1v) is 4.57. The monoisotopic (exact) mass is 199 g/mol. The molecule has 0 aliphatic heterocycles. The Hall–Kier alpha value is -0.600. The van der Waals surface area contributed by atoms with E-state index in [1.165, 1.54) is 0 Å². The van der Waals surface area contributed by atoms with Crippen molar-refractivity contribution in [2.75, 3.05) is 11.5 Å². The molecule has 0 fully saturated rings. The number of thiol groups is 1. The van der Waals surface area contributed by atoms with Crippen molar-refractivity contribution >= 4 is 36.0 Å². The minimum absolute atomic E-state index is 0.594. The third kappa shape index (κ3) is 2.47. The minimum Gasteiger partial charge on any atom is -0.398 e. The molecule has 0 aliphatic rings. The van der Waals surface area contributed by atoms with E-state index in [1.54, 1.807) is 6.07 Å². The number of rotatable bonds is 2. The fourth-order valence-corrected chi connectivity index (χ4v) is 1.13. The molecule has 1 aromatic rings. The van der Waals surface area contributed by atoms with E-state index < -0.39 is 0 Å². The van der Waals surface area contributed by atoms with Gasteiger partial charge in [-0.15, -0.1) is 0 Å². The molecule has 1 aromatic carbocycles. The topological polar surface area (TPSA) is 26.0 Å². The second-order valence-electron chi connectivity index (χ2n) is 2.37. The molecule has 0 amide bonds. The largest absolute Gasteiger partial charge is 0.398 e. The summed E-state index contributed by atoms with van der Waals surface area (Å²) < 4.78 is 0. The first-order chi connectivity index (χ1) is 5.74. The van der Waals surface area contributed by atoms with Crippen LogP contribution in [0.5, 0.6) is 0 Å². The van der Waals surface area contributed by atoms with Gasteiger partial charge in [-0.3, -0.25) is 0 Å². The lowest BCUT2D eigenvalue weighted by molar-refractivity contribution is 1.63. The molecular formula is C9H10ClNS. The number of hydrogen-bond acceptors (Lipinski definition) is 2. The van der Waals surface area contributed by atoms with Crippen LogP contribution in [-0.2, 0) is 0 Å². The van der Waals surface area contributed by atoms with Gasteiger partial charge < -0.3 is 5.73 Å². The Morgan fingerprint density at radius 1 is 1.50 bits per heavy atom. The number of nitrogen functional groups attached to an aromatic ring is 1. The summed E-state index contributed by atoms with van der Waals surface area (Å²) >= 11 is 9.87. The highest BCUT2D eigenvalue weighted by molar-refractivity contribution is 7.80. The van der Waals surface area contributed by atoms with Crippen LogP contribution in [0.15, 0.2) is 24.3 Å². The Morgan fingerprint density at radius 2 is 2.25 bits per heavy atom. The van der Waals surface area contributed by atoms with Crippen LogP contribution in [0.3, 0.4) is 0 Å². The van der Waals surface area contributed by atoms with Gasteiger partial charge in [-0.2, -0.15) is 12.6 Å². The molecule has 0 spiro atoms. The second-order valence-corrected chi connectivity index (χ2v) is 3.14. The van der Waals surface area contributed by atoms with Gasteiger partial charge in [0.05, 0.1) is 10.7 Å². The molecule has 2 N–H and O–H groups in total. The highest BCUT2D eigenvalue weighted by Crippen LogP contribution is 2.20. The van der Waals surface area contributed by atoms with Crippen LogP contribution in [0.1, 0.15) is 5.56 Å². The third-order valence-corrected chi connectivity index (χ3v) is 1.98. The average Bonchev–Trinajstić information content (AvgIpc) is 2.07. The summed E-state index contributed by atoms with van der Waals surface area (Å²) in [5.74, 6) is 0.724. The summed E-state index contributed by atoms with van der Waals surface area (Å²) in [6.45, 7) is 0. The lowest BCUT2D eigenvalue weighted by atomic mass is 10.2. The quantitative estimate of drug-likeness (QED) is 0.556. The molecule has 0 heterocycles. The zero-order chi connectivity index (χ0) is 8.97. The number of hydrogen-bond donors (Lipinski definition) is 2. The van der Waals surface area contributed by atoms with Gasteiger partial charge in [0.15, 0.2) is 0 Å². The molecule has 0 aromatic heterocycles. The number of benzene rings is 1. The number of nitrogens with two attached hydrogens (primary N) is 1. The molecule has 1 nitrogen and oxygen atoms in total. The van der Waals surface area contributed by atoms with Crippen molar-refractivity contribution in [1.29, 1.82) is 0 Å². The Kier molecular flexibility index (Phi) is 3.50. The van der Waals surface area contributed by atoms with Crippen molar-refractivity contribution in [3.63, 3.8) is 0 Å². The predicted molar refractivity (Wildman–Crippen MR) is 58.8 cm³/mol. The lowest BCUT2D eigenvalue weighted by Gasteiger charge is -1.98. The SMILES string of the molecule is Nc1ccc(C=CCS)cc1Cl. The highest BCUT2D eigenvalue weighted by Gasteiger charge is 1.94. The molecule has 1 rings (SSSR count). The molecule has 0 unspecified atom stereocenters. The minimum atomic E-state index is 0.594. The van der Waals surface area contributed by atoms with Crippen LogP contribution in [0, 0.1) is 0 Å². The van der Waals surface area contributed by atoms with E-state index in [0.717, 1.165) is 11.3 Å². The van der Waals surface area contributed by atoms with E-state index in [2.05, 4.69) is 12.6 Å². The van der Waals surface area contributed by atoms with Crippen LogP contribution in [0.25, 0.3) is 6.08 Å². The molecule has 0 saturated carbocycles. The maximum atomic E-state index is 5.81. The standard InChI is InChI=1S/C9H10ClNS/c10-8-6-7(2-1-5-12)3-4-9(8)11/h1-4,6,12H,5,11H2. The molecule has 12 heavy (non-hydrogen) atoms. The van der Waals surface area contributed by atoms with Crippen molar-refractivity contribution < 1.29 is 0 Å². The third-order valence-electron chi connectivity index (χ3n) is 1.44. The van der Waals surface area contributed by atoms with Crippen molar-refractivity contribution in [2.45, 2.75) is 0 Å². The average molecular weight is 200 g/mol. The van der Waals surface area contributed by atoms with Crippen LogP contribution < -0.4 is 5.73 Å². The van der Waals surface area contributed by atoms with Gasteiger partial charge in [-0.05, 0) is 17.7 Å². The summed E-state index contributed by atoms with van der Waals surface area (Å²) in [5, 5.41) is 0.594. The molecular weight excluding hydrogens is 190 g/mol. The van der Waals surface area contributed by atoms with Crippen molar-refractivity contribution in [1.82, 2.24) is 0 Å². The van der Waals surface area contributed by atoms with E-state index in [0.29, 0.717) is 10.7 Å². The van der Waals surface area contributed by atoms with Crippen LogP contribution >= 0.6 is 24.2 Å². The zero-order valence-corrected chi connectivity index (χ0v) is 8.15. The van der Waals surface area contributed by atoms with E-state index >= 15 is 0 Å². The Morgan fingerprint density at radius 3 is 2.83 bits per heavy atom. The zero-order valence-electron chi connectivity index (χ0n) is 6.50. The highest BCUT2D eigenvalue weighted by atomic mass is 35.5. The van der Waals surface area contributed by atoms with Gasteiger partial charge in [0.2, 0.25) is 0 Å². The van der Waals surface area contributed by atoms with Gasteiger partial charge in [0.1, 0.15) is 0 Å². The fraction of sp³-hybridized carbons (Fsp3) is 0.111. The van der Waals surface area contributed by atoms with Gasteiger partial charge in [0, 0.05) is 5.75 Å².